The number of ether oxygens (including phenoxy) is 5. The Hall–Kier alpha value is -1.44. The number of carbonyl (C=O) groups excluding carboxylic acids is 2. The molecule has 3 fully saturated rings. The molecule has 2 saturated heterocycles. The van der Waals surface area contributed by atoms with E-state index in [2.05, 4.69) is 31.6 Å². The molecule has 0 radical (unpaired) electrons. The first kappa shape index (κ1) is 27.2. The highest BCUT2D eigenvalue weighted by Gasteiger charge is 2.72. The van der Waals surface area contributed by atoms with E-state index in [1.165, 1.54) is 12.7 Å². The van der Waals surface area contributed by atoms with Crippen LogP contribution in [0.4, 0.5) is 0 Å². The average molecular weight is 481 g/mol. The standard InChI is InChI=1S/C27H44O7/c1-19(2)14-15-21-26(3,34-21)25-24(31-5)20(16-17-27(25)18-32-27)33-23(29)13-11-9-7-6-8-10-12-22(28)30-4/h14,20-21,24-25H,6-13,15-18H2,1-5H3/t20-,21-,24-,25-,26+,27+/m1/s1. The maximum absolute atomic E-state index is 12.6. The van der Waals surface area contributed by atoms with Gasteiger partial charge in [0.25, 0.3) is 0 Å². The van der Waals surface area contributed by atoms with Crippen molar-refractivity contribution < 1.29 is 33.3 Å². The molecule has 0 aromatic heterocycles. The Kier molecular flexibility index (Phi) is 9.58. The van der Waals surface area contributed by atoms with Gasteiger partial charge in [-0.25, -0.2) is 0 Å². The number of hydrogen-bond donors (Lipinski definition) is 0. The van der Waals surface area contributed by atoms with Gasteiger partial charge in [0.05, 0.1) is 25.7 Å². The molecular formula is C27H44O7. The highest BCUT2D eigenvalue weighted by Crippen LogP contribution is 2.59. The predicted octanol–water partition coefficient (Wildman–Crippen LogP) is 4.90. The summed E-state index contributed by atoms with van der Waals surface area (Å²) in [5.74, 6) is -0.240. The monoisotopic (exact) mass is 480 g/mol. The van der Waals surface area contributed by atoms with Gasteiger partial charge in [-0.05, 0) is 52.9 Å². The maximum Gasteiger partial charge on any atom is 0.306 e. The Morgan fingerprint density at radius 1 is 1.00 bits per heavy atom. The third-order valence-electron chi connectivity index (χ3n) is 7.76. The molecule has 6 atom stereocenters. The molecule has 7 heteroatoms. The number of methoxy groups -OCH3 is 2. The van der Waals surface area contributed by atoms with Crippen LogP contribution in [0.1, 0.15) is 91.4 Å². The lowest BCUT2D eigenvalue weighted by Gasteiger charge is -2.42. The molecule has 3 aliphatic rings. The topological polar surface area (TPSA) is 86.9 Å². The summed E-state index contributed by atoms with van der Waals surface area (Å²) >= 11 is 0. The van der Waals surface area contributed by atoms with Gasteiger partial charge >= 0.3 is 11.9 Å². The van der Waals surface area contributed by atoms with Crippen molar-refractivity contribution in [2.45, 2.75) is 121 Å². The molecule has 34 heavy (non-hydrogen) atoms. The van der Waals surface area contributed by atoms with E-state index in [1.807, 2.05) is 0 Å². The fraction of sp³-hybridized carbons (Fsp3) is 0.852. The second-order valence-corrected chi connectivity index (χ2v) is 10.6. The lowest BCUT2D eigenvalue weighted by atomic mass is 9.68. The van der Waals surface area contributed by atoms with Crippen LogP contribution in [0, 0.1) is 5.92 Å². The van der Waals surface area contributed by atoms with E-state index in [0.29, 0.717) is 12.8 Å². The first-order chi connectivity index (χ1) is 16.3. The van der Waals surface area contributed by atoms with Crippen molar-refractivity contribution in [3.63, 3.8) is 0 Å². The van der Waals surface area contributed by atoms with Gasteiger partial charge in [0, 0.05) is 20.0 Å². The highest BCUT2D eigenvalue weighted by molar-refractivity contribution is 5.69. The zero-order valence-electron chi connectivity index (χ0n) is 21.7. The largest absolute Gasteiger partial charge is 0.469 e. The Morgan fingerprint density at radius 2 is 1.62 bits per heavy atom. The number of epoxide rings is 2. The molecule has 3 rings (SSSR count). The van der Waals surface area contributed by atoms with Crippen LogP contribution in [0.2, 0.25) is 0 Å². The Balaban J connectivity index is 1.43. The molecule has 7 nitrogen and oxygen atoms in total. The number of rotatable bonds is 14. The number of carbonyl (C=O) groups is 2. The van der Waals surface area contributed by atoms with E-state index >= 15 is 0 Å². The number of unbranched alkanes of at least 4 members (excludes halogenated alkanes) is 5. The van der Waals surface area contributed by atoms with Gasteiger partial charge in [-0.15, -0.1) is 0 Å². The summed E-state index contributed by atoms with van der Waals surface area (Å²) in [4.78, 5) is 23.7. The predicted molar refractivity (Wildman–Crippen MR) is 128 cm³/mol. The highest BCUT2D eigenvalue weighted by atomic mass is 16.6. The van der Waals surface area contributed by atoms with Crippen molar-refractivity contribution in [1.29, 1.82) is 0 Å². The molecule has 0 aromatic rings. The summed E-state index contributed by atoms with van der Waals surface area (Å²) in [5, 5.41) is 0. The molecule has 2 aliphatic heterocycles. The summed E-state index contributed by atoms with van der Waals surface area (Å²) in [6.45, 7) is 7.09. The molecule has 1 aliphatic carbocycles. The van der Waals surface area contributed by atoms with Crippen molar-refractivity contribution in [3.05, 3.63) is 11.6 Å². The molecule has 1 spiro atoms. The van der Waals surface area contributed by atoms with Gasteiger partial charge in [0.1, 0.15) is 23.4 Å². The van der Waals surface area contributed by atoms with Crippen LogP contribution in [0.3, 0.4) is 0 Å². The first-order valence-electron chi connectivity index (χ1n) is 13.0. The Morgan fingerprint density at radius 3 is 2.18 bits per heavy atom. The van der Waals surface area contributed by atoms with Crippen LogP contribution in [-0.2, 0) is 33.3 Å². The van der Waals surface area contributed by atoms with Crippen LogP contribution < -0.4 is 0 Å². The molecule has 0 unspecified atom stereocenters. The maximum atomic E-state index is 12.6. The second-order valence-electron chi connectivity index (χ2n) is 10.6. The molecule has 0 aromatic carbocycles. The van der Waals surface area contributed by atoms with Crippen molar-refractivity contribution in [2.75, 3.05) is 20.8 Å². The summed E-state index contributed by atoms with van der Waals surface area (Å²) in [5.41, 5.74) is 0.767. The molecular weight excluding hydrogens is 436 g/mol. The van der Waals surface area contributed by atoms with Crippen molar-refractivity contribution in [3.8, 4) is 0 Å². The van der Waals surface area contributed by atoms with Crippen LogP contribution in [0.5, 0.6) is 0 Å². The van der Waals surface area contributed by atoms with Gasteiger partial charge in [0.2, 0.25) is 0 Å². The van der Waals surface area contributed by atoms with Crippen LogP contribution in [0.25, 0.3) is 0 Å². The fourth-order valence-electron chi connectivity index (χ4n) is 5.65. The quantitative estimate of drug-likeness (QED) is 0.151. The minimum absolute atomic E-state index is 0.0529. The summed E-state index contributed by atoms with van der Waals surface area (Å²) < 4.78 is 28.8. The van der Waals surface area contributed by atoms with Crippen molar-refractivity contribution in [1.82, 2.24) is 0 Å². The van der Waals surface area contributed by atoms with Crippen LogP contribution >= 0.6 is 0 Å². The smallest absolute Gasteiger partial charge is 0.306 e. The van der Waals surface area contributed by atoms with Crippen molar-refractivity contribution >= 4 is 11.9 Å². The Labute approximate surface area is 204 Å². The normalized spacial score (nSPS) is 33.9. The van der Waals surface area contributed by atoms with Crippen LogP contribution in [0.15, 0.2) is 11.6 Å². The third kappa shape index (κ3) is 6.82. The average Bonchev–Trinajstić information content (AvgIpc) is 3.72. The van der Waals surface area contributed by atoms with E-state index in [4.69, 9.17) is 18.9 Å². The number of allylic oxidation sites excluding steroid dienone is 1. The van der Waals surface area contributed by atoms with E-state index in [1.54, 1.807) is 7.11 Å². The van der Waals surface area contributed by atoms with E-state index in [9.17, 15) is 9.59 Å². The summed E-state index contributed by atoms with van der Waals surface area (Å²) in [6, 6.07) is 0. The van der Waals surface area contributed by atoms with Gasteiger partial charge in [0.15, 0.2) is 0 Å². The lowest BCUT2D eigenvalue weighted by Crippen LogP contribution is -2.55. The minimum atomic E-state index is -0.317. The number of esters is 2. The van der Waals surface area contributed by atoms with E-state index < -0.39 is 0 Å². The van der Waals surface area contributed by atoms with Gasteiger partial charge < -0.3 is 23.7 Å². The summed E-state index contributed by atoms with van der Waals surface area (Å²) in [6.07, 6.45) is 11.1. The molecule has 194 valence electrons. The molecule has 1 saturated carbocycles. The van der Waals surface area contributed by atoms with Gasteiger partial charge in [-0.1, -0.05) is 37.3 Å². The van der Waals surface area contributed by atoms with Gasteiger partial charge in [-0.2, -0.15) is 0 Å². The Bertz CT molecular complexity index is 724. The SMILES string of the molecule is COC(=O)CCCCCCCCC(=O)O[C@@H]1CC[C@]2(CO2)[C@@H]([C@@]2(C)O[C@@H]2CC=C(C)C)[C@@H]1OC. The molecule has 2 heterocycles. The van der Waals surface area contributed by atoms with Crippen LogP contribution in [-0.4, -0.2) is 62.3 Å². The first-order valence-corrected chi connectivity index (χ1v) is 13.0. The minimum Gasteiger partial charge on any atom is -0.469 e. The van der Waals surface area contributed by atoms with Crippen molar-refractivity contribution in [2.24, 2.45) is 5.92 Å². The second kappa shape index (κ2) is 12.0. The zero-order valence-corrected chi connectivity index (χ0v) is 21.7. The lowest BCUT2D eigenvalue weighted by molar-refractivity contribution is -0.172. The summed E-state index contributed by atoms with van der Waals surface area (Å²) in [7, 11) is 3.13. The fourth-order valence-corrected chi connectivity index (χ4v) is 5.65. The zero-order chi connectivity index (χ0) is 24.8. The van der Waals surface area contributed by atoms with E-state index in [0.717, 1.165) is 64.4 Å². The molecule has 0 amide bonds. The number of hydrogen-bond acceptors (Lipinski definition) is 7. The molecule has 0 bridgehead atoms. The molecule has 0 N–H and O–H groups in total. The van der Waals surface area contributed by atoms with E-state index in [-0.39, 0.29) is 47.4 Å². The third-order valence-corrected chi connectivity index (χ3v) is 7.76. The van der Waals surface area contributed by atoms with Gasteiger partial charge in [-0.3, -0.25) is 9.59 Å².